The lowest BCUT2D eigenvalue weighted by Crippen LogP contribution is -2.27. The van der Waals surface area contributed by atoms with Crippen LogP contribution in [0.25, 0.3) is 0 Å². The van der Waals surface area contributed by atoms with Gasteiger partial charge in [-0.15, -0.1) is 0 Å². The molecule has 0 aliphatic heterocycles. The van der Waals surface area contributed by atoms with Crippen molar-refractivity contribution in [1.29, 1.82) is 0 Å². The van der Waals surface area contributed by atoms with Gasteiger partial charge in [0.2, 0.25) is 10.0 Å². The van der Waals surface area contributed by atoms with Gasteiger partial charge < -0.3 is 10.1 Å². The number of H-pyrrole nitrogens is 1. The van der Waals surface area contributed by atoms with Gasteiger partial charge in [-0.2, -0.15) is 0 Å². The summed E-state index contributed by atoms with van der Waals surface area (Å²) in [6.45, 7) is 4.07. The van der Waals surface area contributed by atoms with Crippen LogP contribution in [0.4, 0.5) is 0 Å². The maximum Gasteiger partial charge on any atom is 0.242 e. The van der Waals surface area contributed by atoms with Crippen LogP contribution in [0.2, 0.25) is 0 Å². The molecule has 0 aliphatic rings. The van der Waals surface area contributed by atoms with Gasteiger partial charge >= 0.3 is 0 Å². The van der Waals surface area contributed by atoms with Gasteiger partial charge in [0.1, 0.15) is 0 Å². The first-order chi connectivity index (χ1) is 6.95. The van der Waals surface area contributed by atoms with Crippen molar-refractivity contribution >= 4 is 10.0 Å². The lowest BCUT2D eigenvalue weighted by molar-refractivity contribution is 0.277. The molecule has 0 unspecified atom stereocenters. The number of aliphatic hydroxyl groups is 1. The van der Waals surface area contributed by atoms with Gasteiger partial charge in [0.05, 0.1) is 11.5 Å². The molecule has 0 spiro atoms. The largest absolute Gasteiger partial charge is 0.390 e. The first-order valence-corrected chi connectivity index (χ1v) is 6.22. The molecule has 3 N–H and O–H groups in total. The van der Waals surface area contributed by atoms with Crippen LogP contribution in [0.3, 0.4) is 0 Å². The molecule has 5 nitrogen and oxygen atoms in total. The predicted molar refractivity (Wildman–Crippen MR) is 56.7 cm³/mol. The maximum absolute atomic E-state index is 11.7. The standard InChI is InChI=1S/C9H16N2O3S/c1-7(2)4-11-15(13,14)9-3-8(6-12)10-5-9/h3,5,7,10-12H,4,6H2,1-2H3. The molecule has 15 heavy (non-hydrogen) atoms. The quantitative estimate of drug-likeness (QED) is 0.689. The van der Waals surface area contributed by atoms with Crippen LogP contribution in [-0.4, -0.2) is 25.1 Å². The Labute approximate surface area is 89.6 Å². The van der Waals surface area contributed by atoms with Crippen molar-refractivity contribution in [3.63, 3.8) is 0 Å². The van der Waals surface area contributed by atoms with Crippen LogP contribution >= 0.6 is 0 Å². The molecule has 0 bridgehead atoms. The second-order valence-electron chi connectivity index (χ2n) is 3.76. The second-order valence-corrected chi connectivity index (χ2v) is 5.53. The molecule has 0 radical (unpaired) electrons. The predicted octanol–water partition coefficient (Wildman–Crippen LogP) is 0.441. The van der Waals surface area contributed by atoms with Crippen molar-refractivity contribution < 1.29 is 13.5 Å². The van der Waals surface area contributed by atoms with Gasteiger partial charge in [-0.05, 0) is 12.0 Å². The molecular weight excluding hydrogens is 216 g/mol. The van der Waals surface area contributed by atoms with Gasteiger partial charge in [-0.25, -0.2) is 13.1 Å². The van der Waals surface area contributed by atoms with E-state index in [0.29, 0.717) is 12.2 Å². The Bertz CT molecular complexity index is 409. The highest BCUT2D eigenvalue weighted by Gasteiger charge is 2.15. The summed E-state index contributed by atoms with van der Waals surface area (Å²) in [5.74, 6) is 0.260. The molecule has 0 aromatic carbocycles. The number of rotatable bonds is 5. The van der Waals surface area contributed by atoms with Crippen LogP contribution < -0.4 is 4.72 Å². The van der Waals surface area contributed by atoms with E-state index >= 15 is 0 Å². The third-order valence-electron chi connectivity index (χ3n) is 1.88. The summed E-state index contributed by atoms with van der Waals surface area (Å²) < 4.78 is 25.8. The van der Waals surface area contributed by atoms with E-state index in [4.69, 9.17) is 5.11 Å². The minimum absolute atomic E-state index is 0.159. The lowest BCUT2D eigenvalue weighted by atomic mass is 10.2. The van der Waals surface area contributed by atoms with Crippen molar-refractivity contribution in [3.05, 3.63) is 18.0 Å². The Kier molecular flexibility index (Phi) is 3.90. The number of nitrogens with one attached hydrogen (secondary N) is 2. The molecule has 0 aliphatic carbocycles. The van der Waals surface area contributed by atoms with E-state index < -0.39 is 10.0 Å². The molecule has 0 atom stereocenters. The Morgan fingerprint density at radius 3 is 2.67 bits per heavy atom. The van der Waals surface area contributed by atoms with Crippen molar-refractivity contribution in [3.8, 4) is 0 Å². The molecule has 6 heteroatoms. The van der Waals surface area contributed by atoms with Gasteiger partial charge in [-0.3, -0.25) is 0 Å². The summed E-state index contributed by atoms with van der Waals surface area (Å²) in [6, 6.07) is 1.42. The van der Waals surface area contributed by atoms with Gasteiger partial charge in [0, 0.05) is 18.4 Å². The van der Waals surface area contributed by atoms with E-state index in [1.807, 2.05) is 13.8 Å². The number of aromatic nitrogens is 1. The number of hydrogen-bond donors (Lipinski definition) is 3. The minimum Gasteiger partial charge on any atom is -0.390 e. The fourth-order valence-corrected chi connectivity index (χ4v) is 2.26. The van der Waals surface area contributed by atoms with Crippen molar-refractivity contribution in [2.45, 2.75) is 25.3 Å². The fourth-order valence-electron chi connectivity index (χ4n) is 1.03. The number of sulfonamides is 1. The minimum atomic E-state index is -3.44. The monoisotopic (exact) mass is 232 g/mol. The third-order valence-corrected chi connectivity index (χ3v) is 3.28. The highest BCUT2D eigenvalue weighted by atomic mass is 32.2. The molecule has 0 saturated carbocycles. The van der Waals surface area contributed by atoms with Crippen LogP contribution in [0.1, 0.15) is 19.5 Å². The number of hydrogen-bond acceptors (Lipinski definition) is 3. The lowest BCUT2D eigenvalue weighted by Gasteiger charge is -2.06. The Balaban J connectivity index is 2.77. The molecule has 86 valence electrons. The van der Waals surface area contributed by atoms with Crippen LogP contribution in [0.5, 0.6) is 0 Å². The smallest absolute Gasteiger partial charge is 0.242 e. The Hall–Kier alpha value is -0.850. The molecule has 1 aromatic rings. The zero-order valence-corrected chi connectivity index (χ0v) is 9.63. The van der Waals surface area contributed by atoms with E-state index in [1.54, 1.807) is 0 Å². The fraction of sp³-hybridized carbons (Fsp3) is 0.556. The summed E-state index contributed by atoms with van der Waals surface area (Å²) in [6.07, 6.45) is 1.37. The van der Waals surface area contributed by atoms with Gasteiger partial charge in [0.25, 0.3) is 0 Å². The van der Waals surface area contributed by atoms with Crippen molar-refractivity contribution in [2.75, 3.05) is 6.54 Å². The summed E-state index contributed by atoms with van der Waals surface area (Å²) in [5.41, 5.74) is 0.486. The van der Waals surface area contributed by atoms with Gasteiger partial charge in [0.15, 0.2) is 0 Å². The average molecular weight is 232 g/mol. The molecule has 0 fully saturated rings. The van der Waals surface area contributed by atoms with Crippen LogP contribution in [-0.2, 0) is 16.6 Å². The van der Waals surface area contributed by atoms with Gasteiger partial charge in [-0.1, -0.05) is 13.8 Å². The van der Waals surface area contributed by atoms with E-state index in [-0.39, 0.29) is 17.4 Å². The van der Waals surface area contributed by atoms with Crippen molar-refractivity contribution in [2.24, 2.45) is 5.92 Å². The first-order valence-electron chi connectivity index (χ1n) is 4.73. The van der Waals surface area contributed by atoms with E-state index in [1.165, 1.54) is 12.3 Å². The maximum atomic E-state index is 11.7. The van der Waals surface area contributed by atoms with E-state index in [0.717, 1.165) is 0 Å². The zero-order valence-electron chi connectivity index (χ0n) is 8.82. The van der Waals surface area contributed by atoms with E-state index in [9.17, 15) is 8.42 Å². The average Bonchev–Trinajstić information content (AvgIpc) is 2.63. The molecular formula is C9H16N2O3S. The Morgan fingerprint density at radius 1 is 1.53 bits per heavy atom. The summed E-state index contributed by atoms with van der Waals surface area (Å²) in [5, 5.41) is 8.79. The highest BCUT2D eigenvalue weighted by molar-refractivity contribution is 7.89. The molecule has 1 aromatic heterocycles. The number of aliphatic hydroxyl groups excluding tert-OH is 1. The second kappa shape index (κ2) is 4.78. The zero-order chi connectivity index (χ0) is 11.5. The topological polar surface area (TPSA) is 82.2 Å². The Morgan fingerprint density at radius 2 is 2.20 bits per heavy atom. The summed E-state index contributed by atoms with van der Waals surface area (Å²) >= 11 is 0. The first kappa shape index (κ1) is 12.2. The summed E-state index contributed by atoms with van der Waals surface area (Å²) in [7, 11) is -3.44. The van der Waals surface area contributed by atoms with E-state index in [2.05, 4.69) is 9.71 Å². The van der Waals surface area contributed by atoms with Crippen LogP contribution in [0, 0.1) is 5.92 Å². The van der Waals surface area contributed by atoms with Crippen molar-refractivity contribution in [1.82, 2.24) is 9.71 Å². The summed E-state index contributed by atoms with van der Waals surface area (Å²) in [4.78, 5) is 2.84. The molecule has 1 rings (SSSR count). The SMILES string of the molecule is CC(C)CNS(=O)(=O)c1c[nH]c(CO)c1. The number of aromatic amines is 1. The molecule has 0 amide bonds. The highest BCUT2D eigenvalue weighted by Crippen LogP contribution is 2.10. The molecule has 1 heterocycles. The van der Waals surface area contributed by atoms with Crippen LogP contribution in [0.15, 0.2) is 17.2 Å². The molecule has 0 saturated heterocycles. The third kappa shape index (κ3) is 3.33. The normalized spacial score (nSPS) is 12.3.